The molecule has 1 aromatic heterocycles. The maximum Gasteiger partial charge on any atom is 0.309 e. The van der Waals surface area contributed by atoms with E-state index >= 15 is 0 Å². The quantitative estimate of drug-likeness (QED) is 0.768. The van der Waals surface area contributed by atoms with Crippen LogP contribution < -0.4 is 15.2 Å². The van der Waals surface area contributed by atoms with E-state index in [2.05, 4.69) is 15.2 Å². The van der Waals surface area contributed by atoms with Crippen molar-refractivity contribution in [2.45, 2.75) is 26.2 Å². The van der Waals surface area contributed by atoms with Crippen LogP contribution in [0.25, 0.3) is 0 Å². The minimum atomic E-state index is -0.247. The maximum absolute atomic E-state index is 12.4. The van der Waals surface area contributed by atoms with Crippen LogP contribution in [0.2, 0.25) is 0 Å². The molecule has 144 valence electrons. The van der Waals surface area contributed by atoms with Gasteiger partial charge in [0.05, 0.1) is 19.6 Å². The molecule has 1 aliphatic heterocycles. The topological polar surface area (TPSA) is 97.4 Å². The van der Waals surface area contributed by atoms with Crippen LogP contribution in [0.3, 0.4) is 0 Å². The van der Waals surface area contributed by atoms with Gasteiger partial charge in [-0.05, 0) is 37.5 Å². The molecule has 3 rings (SSSR count). The number of benzene rings is 1. The number of carbonyl (C=O) groups is 1. The molecular formula is C19H24N4O4. The molecule has 1 N–H and O–H groups in total. The highest BCUT2D eigenvalue weighted by atomic mass is 16.5. The summed E-state index contributed by atoms with van der Waals surface area (Å²) in [6.45, 7) is 3.46. The molecule has 0 bridgehead atoms. The Morgan fingerprint density at radius 2 is 1.93 bits per heavy atom. The van der Waals surface area contributed by atoms with Crippen molar-refractivity contribution >= 4 is 11.9 Å². The Labute approximate surface area is 157 Å². The van der Waals surface area contributed by atoms with Gasteiger partial charge in [0.15, 0.2) is 0 Å². The first-order chi connectivity index (χ1) is 13.1. The molecule has 0 saturated carbocycles. The number of aromatic nitrogens is 3. The zero-order valence-corrected chi connectivity index (χ0v) is 15.6. The van der Waals surface area contributed by atoms with Gasteiger partial charge in [0.25, 0.3) is 5.56 Å². The van der Waals surface area contributed by atoms with Crippen molar-refractivity contribution in [1.29, 1.82) is 0 Å². The zero-order valence-electron chi connectivity index (χ0n) is 15.6. The lowest BCUT2D eigenvalue weighted by molar-refractivity contribution is -0.148. The van der Waals surface area contributed by atoms with Gasteiger partial charge in [-0.2, -0.15) is 0 Å². The number of aromatic amines is 1. The standard InChI is InChI=1S/C19H24N4O4/c1-3-27-18(25)14-8-10-23(11-9-14)19-20-17(24)16(21-22-19)12-13-4-6-15(26-2)7-5-13/h4-7,14H,3,8-12H2,1-2H3,(H,20,22,24). The third-order valence-electron chi connectivity index (χ3n) is 4.70. The molecule has 1 aromatic carbocycles. The number of hydrogen-bond acceptors (Lipinski definition) is 7. The fourth-order valence-corrected chi connectivity index (χ4v) is 3.13. The Morgan fingerprint density at radius 3 is 2.52 bits per heavy atom. The normalized spacial score (nSPS) is 14.8. The predicted octanol–water partition coefficient (Wildman–Crippen LogP) is 1.54. The number of piperidine rings is 1. The van der Waals surface area contributed by atoms with E-state index in [1.165, 1.54) is 0 Å². The van der Waals surface area contributed by atoms with E-state index in [9.17, 15) is 9.59 Å². The third kappa shape index (κ3) is 4.64. The Hall–Kier alpha value is -2.90. The van der Waals surface area contributed by atoms with Crippen LogP contribution in [0.1, 0.15) is 31.0 Å². The lowest BCUT2D eigenvalue weighted by Crippen LogP contribution is -2.39. The van der Waals surface area contributed by atoms with Gasteiger partial charge in [-0.3, -0.25) is 14.6 Å². The van der Waals surface area contributed by atoms with Gasteiger partial charge in [0, 0.05) is 19.5 Å². The van der Waals surface area contributed by atoms with Gasteiger partial charge < -0.3 is 14.4 Å². The molecular weight excluding hydrogens is 348 g/mol. The smallest absolute Gasteiger partial charge is 0.309 e. The molecule has 1 aliphatic rings. The average Bonchev–Trinajstić information content (AvgIpc) is 2.70. The summed E-state index contributed by atoms with van der Waals surface area (Å²) in [4.78, 5) is 29.0. The van der Waals surface area contributed by atoms with Crippen LogP contribution in [0.15, 0.2) is 29.1 Å². The van der Waals surface area contributed by atoms with Crippen LogP contribution >= 0.6 is 0 Å². The van der Waals surface area contributed by atoms with Crippen molar-refractivity contribution in [1.82, 2.24) is 15.2 Å². The Balaban J connectivity index is 1.63. The number of nitrogens with one attached hydrogen (secondary N) is 1. The summed E-state index contributed by atoms with van der Waals surface area (Å²) in [6.07, 6.45) is 1.75. The highest BCUT2D eigenvalue weighted by Crippen LogP contribution is 2.21. The number of hydrogen-bond donors (Lipinski definition) is 1. The lowest BCUT2D eigenvalue weighted by Gasteiger charge is -2.30. The largest absolute Gasteiger partial charge is 0.497 e. The summed E-state index contributed by atoms with van der Waals surface area (Å²) in [5, 5.41) is 8.30. The number of ether oxygens (including phenoxy) is 2. The molecule has 0 atom stereocenters. The van der Waals surface area contributed by atoms with Crippen LogP contribution in [-0.4, -0.2) is 48.0 Å². The predicted molar refractivity (Wildman–Crippen MR) is 100 cm³/mol. The van der Waals surface area contributed by atoms with E-state index in [1.54, 1.807) is 14.0 Å². The van der Waals surface area contributed by atoms with E-state index in [0.717, 1.165) is 11.3 Å². The van der Waals surface area contributed by atoms with Crippen molar-refractivity contribution in [3.63, 3.8) is 0 Å². The number of H-pyrrole nitrogens is 1. The SMILES string of the molecule is CCOC(=O)C1CCN(c2nnc(Cc3ccc(OC)cc3)c(=O)[nH]2)CC1. The molecule has 0 aliphatic carbocycles. The number of carbonyl (C=O) groups excluding carboxylic acids is 1. The van der Waals surface area contributed by atoms with Crippen LogP contribution in [0.5, 0.6) is 5.75 Å². The second-order valence-corrected chi connectivity index (χ2v) is 6.46. The molecule has 1 fully saturated rings. The zero-order chi connectivity index (χ0) is 19.2. The summed E-state index contributed by atoms with van der Waals surface area (Å²) in [5.74, 6) is 0.975. The van der Waals surface area contributed by atoms with E-state index < -0.39 is 0 Å². The molecule has 8 heteroatoms. The lowest BCUT2D eigenvalue weighted by atomic mass is 9.97. The second kappa shape index (κ2) is 8.66. The third-order valence-corrected chi connectivity index (χ3v) is 4.70. The first kappa shape index (κ1) is 18.9. The first-order valence-corrected chi connectivity index (χ1v) is 9.11. The molecule has 8 nitrogen and oxygen atoms in total. The van der Waals surface area contributed by atoms with Gasteiger partial charge in [0.1, 0.15) is 11.4 Å². The highest BCUT2D eigenvalue weighted by molar-refractivity contribution is 5.72. The van der Waals surface area contributed by atoms with Gasteiger partial charge in [-0.25, -0.2) is 0 Å². The van der Waals surface area contributed by atoms with E-state index in [-0.39, 0.29) is 17.4 Å². The molecule has 0 amide bonds. The number of esters is 1. The number of nitrogens with zero attached hydrogens (tertiary/aromatic N) is 3. The fourth-order valence-electron chi connectivity index (χ4n) is 3.13. The van der Waals surface area contributed by atoms with Crippen LogP contribution in [0.4, 0.5) is 5.95 Å². The molecule has 2 aromatic rings. The van der Waals surface area contributed by atoms with Gasteiger partial charge >= 0.3 is 5.97 Å². The van der Waals surface area contributed by atoms with E-state index in [1.807, 2.05) is 29.2 Å². The monoisotopic (exact) mass is 372 g/mol. The molecule has 0 unspecified atom stereocenters. The van der Waals surface area contributed by atoms with Crippen LogP contribution in [-0.2, 0) is 16.0 Å². The minimum Gasteiger partial charge on any atom is -0.497 e. The Morgan fingerprint density at radius 1 is 1.22 bits per heavy atom. The first-order valence-electron chi connectivity index (χ1n) is 9.11. The van der Waals surface area contributed by atoms with E-state index in [0.29, 0.717) is 50.6 Å². The molecule has 0 radical (unpaired) electrons. The Kier molecular flexibility index (Phi) is 6.05. The summed E-state index contributed by atoms with van der Waals surface area (Å²) in [7, 11) is 1.61. The highest BCUT2D eigenvalue weighted by Gasteiger charge is 2.27. The summed E-state index contributed by atoms with van der Waals surface area (Å²) >= 11 is 0. The molecule has 1 saturated heterocycles. The van der Waals surface area contributed by atoms with Crippen molar-refractivity contribution in [2.24, 2.45) is 5.92 Å². The second-order valence-electron chi connectivity index (χ2n) is 6.46. The minimum absolute atomic E-state index is 0.0878. The van der Waals surface area contributed by atoms with Crippen molar-refractivity contribution < 1.29 is 14.3 Å². The number of methoxy groups -OCH3 is 1. The number of anilines is 1. The number of rotatable bonds is 6. The van der Waals surface area contributed by atoms with Crippen molar-refractivity contribution in [3.8, 4) is 5.75 Å². The van der Waals surface area contributed by atoms with Gasteiger partial charge in [0.2, 0.25) is 5.95 Å². The molecule has 27 heavy (non-hydrogen) atoms. The summed E-state index contributed by atoms with van der Waals surface area (Å²) in [6, 6.07) is 7.49. The van der Waals surface area contributed by atoms with Gasteiger partial charge in [-0.1, -0.05) is 12.1 Å². The fraction of sp³-hybridized carbons (Fsp3) is 0.474. The van der Waals surface area contributed by atoms with Crippen molar-refractivity contribution in [2.75, 3.05) is 31.7 Å². The van der Waals surface area contributed by atoms with Gasteiger partial charge in [-0.15, -0.1) is 10.2 Å². The summed E-state index contributed by atoms with van der Waals surface area (Å²) in [5.41, 5.74) is 1.08. The van der Waals surface area contributed by atoms with Crippen LogP contribution in [0, 0.1) is 5.92 Å². The molecule has 2 heterocycles. The maximum atomic E-state index is 12.4. The van der Waals surface area contributed by atoms with Crippen molar-refractivity contribution in [3.05, 3.63) is 45.9 Å². The van der Waals surface area contributed by atoms with E-state index in [4.69, 9.17) is 9.47 Å². The Bertz CT molecular complexity index is 826. The average molecular weight is 372 g/mol. The molecule has 0 spiro atoms. The summed E-state index contributed by atoms with van der Waals surface area (Å²) < 4.78 is 10.2.